The lowest BCUT2D eigenvalue weighted by molar-refractivity contribution is 0.0940. The van der Waals surface area contributed by atoms with Gasteiger partial charge in [0, 0.05) is 29.9 Å². The smallest absolute Gasteiger partial charge is 0.251 e. The quantitative estimate of drug-likeness (QED) is 0.914. The largest absolute Gasteiger partial charge is 0.367 e. The van der Waals surface area contributed by atoms with Gasteiger partial charge < -0.3 is 10.2 Å². The molecular formula is C22H25N3O. The number of nitrogens with zero attached hydrogens (tertiary/aromatic N) is 2. The fraction of sp³-hybridized carbons (Fsp3) is 0.364. The minimum absolute atomic E-state index is 0.0156. The van der Waals surface area contributed by atoms with E-state index in [0.717, 1.165) is 41.8 Å². The molecular weight excluding hydrogens is 322 g/mol. The number of anilines is 1. The standard InChI is InChI=1S/C22H25N3O/c1-4-17-12-21(10-9-19(17)13-23)25-14-20(11-16(25)3)24-22(26)18-7-5-15(2)6-8-18/h5-10,12,16,20H,4,11,14H2,1-3H3,(H,24,26)/t16-,20+/m0/s1. The molecule has 1 fully saturated rings. The van der Waals surface area contributed by atoms with Gasteiger partial charge in [0.25, 0.3) is 5.91 Å². The molecule has 0 spiro atoms. The van der Waals surface area contributed by atoms with Gasteiger partial charge in [0.1, 0.15) is 0 Å². The van der Waals surface area contributed by atoms with E-state index >= 15 is 0 Å². The molecule has 1 N–H and O–H groups in total. The van der Waals surface area contributed by atoms with Gasteiger partial charge in [-0.1, -0.05) is 24.6 Å². The van der Waals surface area contributed by atoms with Crippen LogP contribution in [0.15, 0.2) is 42.5 Å². The van der Waals surface area contributed by atoms with Crippen LogP contribution in [0, 0.1) is 18.3 Å². The molecule has 1 aliphatic heterocycles. The zero-order valence-electron chi connectivity index (χ0n) is 15.6. The first kappa shape index (κ1) is 18.0. The number of nitrogens with one attached hydrogen (secondary N) is 1. The summed E-state index contributed by atoms with van der Waals surface area (Å²) in [6.45, 7) is 7.05. The van der Waals surface area contributed by atoms with E-state index in [9.17, 15) is 10.1 Å². The lowest BCUT2D eigenvalue weighted by atomic mass is 10.0. The molecule has 0 aliphatic carbocycles. The summed E-state index contributed by atoms with van der Waals surface area (Å²) in [4.78, 5) is 14.8. The molecule has 1 amide bonds. The van der Waals surface area contributed by atoms with Gasteiger partial charge in [-0.25, -0.2) is 0 Å². The number of amides is 1. The summed E-state index contributed by atoms with van der Waals surface area (Å²) in [5, 5.41) is 12.4. The monoisotopic (exact) mass is 347 g/mol. The third-order valence-corrected chi connectivity index (χ3v) is 5.15. The van der Waals surface area contributed by atoms with Crippen molar-refractivity contribution in [2.24, 2.45) is 0 Å². The van der Waals surface area contributed by atoms with Crippen LogP contribution in [0.3, 0.4) is 0 Å². The zero-order valence-corrected chi connectivity index (χ0v) is 15.6. The average Bonchev–Trinajstić information content (AvgIpc) is 3.01. The normalized spacial score (nSPS) is 19.2. The Morgan fingerprint density at radius 2 is 2.00 bits per heavy atom. The highest BCUT2D eigenvalue weighted by molar-refractivity contribution is 5.94. The number of aryl methyl sites for hydroxylation is 2. The van der Waals surface area contributed by atoms with Crippen LogP contribution in [-0.4, -0.2) is 24.5 Å². The van der Waals surface area contributed by atoms with E-state index in [0.29, 0.717) is 11.6 Å². The molecule has 0 bridgehead atoms. The van der Waals surface area contributed by atoms with Crippen molar-refractivity contribution >= 4 is 11.6 Å². The summed E-state index contributed by atoms with van der Waals surface area (Å²) >= 11 is 0. The van der Waals surface area contributed by atoms with Gasteiger partial charge >= 0.3 is 0 Å². The number of benzene rings is 2. The maximum absolute atomic E-state index is 12.5. The van der Waals surface area contributed by atoms with Gasteiger partial charge in [-0.2, -0.15) is 5.26 Å². The van der Waals surface area contributed by atoms with Crippen molar-refractivity contribution in [1.29, 1.82) is 5.26 Å². The fourth-order valence-electron chi connectivity index (χ4n) is 3.63. The highest BCUT2D eigenvalue weighted by atomic mass is 16.1. The predicted molar refractivity (Wildman–Crippen MR) is 104 cm³/mol. The Morgan fingerprint density at radius 1 is 1.27 bits per heavy atom. The van der Waals surface area contributed by atoms with E-state index < -0.39 is 0 Å². The van der Waals surface area contributed by atoms with Crippen molar-refractivity contribution in [3.63, 3.8) is 0 Å². The van der Waals surface area contributed by atoms with Crippen molar-refractivity contribution in [2.75, 3.05) is 11.4 Å². The number of hydrogen-bond acceptors (Lipinski definition) is 3. The first-order valence-electron chi connectivity index (χ1n) is 9.19. The van der Waals surface area contributed by atoms with E-state index in [1.165, 1.54) is 0 Å². The van der Waals surface area contributed by atoms with Crippen molar-refractivity contribution in [3.8, 4) is 6.07 Å². The number of carbonyl (C=O) groups excluding carboxylic acids is 1. The maximum atomic E-state index is 12.5. The number of rotatable bonds is 4. The van der Waals surface area contributed by atoms with E-state index in [-0.39, 0.29) is 11.9 Å². The molecule has 2 aromatic carbocycles. The van der Waals surface area contributed by atoms with Gasteiger partial charge in [0.2, 0.25) is 0 Å². The van der Waals surface area contributed by atoms with Crippen molar-refractivity contribution in [3.05, 3.63) is 64.7 Å². The molecule has 1 heterocycles. The molecule has 1 saturated heterocycles. The molecule has 2 atom stereocenters. The Kier molecular flexibility index (Phi) is 5.27. The summed E-state index contributed by atoms with van der Waals surface area (Å²) < 4.78 is 0. The van der Waals surface area contributed by atoms with Crippen LogP contribution in [0.2, 0.25) is 0 Å². The molecule has 1 aliphatic rings. The molecule has 3 rings (SSSR count). The van der Waals surface area contributed by atoms with Gasteiger partial charge in [-0.05, 0) is 62.6 Å². The van der Waals surface area contributed by atoms with Crippen LogP contribution in [-0.2, 0) is 6.42 Å². The van der Waals surface area contributed by atoms with Gasteiger partial charge in [-0.15, -0.1) is 0 Å². The van der Waals surface area contributed by atoms with Crippen LogP contribution in [0.4, 0.5) is 5.69 Å². The molecule has 0 unspecified atom stereocenters. The minimum atomic E-state index is -0.0156. The second-order valence-corrected chi connectivity index (χ2v) is 7.08. The van der Waals surface area contributed by atoms with Gasteiger partial charge in [-0.3, -0.25) is 4.79 Å². The first-order valence-corrected chi connectivity index (χ1v) is 9.19. The highest BCUT2D eigenvalue weighted by Crippen LogP contribution is 2.28. The Labute approximate surface area is 155 Å². The van der Waals surface area contributed by atoms with Crippen molar-refractivity contribution < 1.29 is 4.79 Å². The lowest BCUT2D eigenvalue weighted by Crippen LogP contribution is -2.37. The van der Waals surface area contributed by atoms with Crippen LogP contribution >= 0.6 is 0 Å². The maximum Gasteiger partial charge on any atom is 0.251 e. The summed E-state index contributed by atoms with van der Waals surface area (Å²) in [7, 11) is 0. The highest BCUT2D eigenvalue weighted by Gasteiger charge is 2.30. The minimum Gasteiger partial charge on any atom is -0.367 e. The molecule has 4 heteroatoms. The fourth-order valence-corrected chi connectivity index (χ4v) is 3.63. The molecule has 0 saturated carbocycles. The van der Waals surface area contributed by atoms with Crippen LogP contribution in [0.25, 0.3) is 0 Å². The number of carbonyl (C=O) groups is 1. The summed E-state index contributed by atoms with van der Waals surface area (Å²) in [6.07, 6.45) is 1.76. The predicted octanol–water partition coefficient (Wildman–Crippen LogP) is 3.83. The summed E-state index contributed by atoms with van der Waals surface area (Å²) in [5.74, 6) is -0.0156. The third-order valence-electron chi connectivity index (χ3n) is 5.15. The lowest BCUT2D eigenvalue weighted by Gasteiger charge is -2.24. The number of nitriles is 1. The van der Waals surface area contributed by atoms with Crippen molar-refractivity contribution in [2.45, 2.75) is 45.7 Å². The Bertz CT molecular complexity index is 835. The molecule has 0 radical (unpaired) electrons. The van der Waals surface area contributed by atoms with Crippen LogP contribution < -0.4 is 10.2 Å². The van der Waals surface area contributed by atoms with Gasteiger partial charge in [0.15, 0.2) is 0 Å². The second kappa shape index (κ2) is 7.61. The molecule has 134 valence electrons. The average molecular weight is 347 g/mol. The molecule has 2 aromatic rings. The topological polar surface area (TPSA) is 56.1 Å². The third kappa shape index (κ3) is 3.72. The van der Waals surface area contributed by atoms with E-state index in [2.05, 4.69) is 36.2 Å². The van der Waals surface area contributed by atoms with Crippen molar-refractivity contribution in [1.82, 2.24) is 5.32 Å². The number of hydrogen-bond donors (Lipinski definition) is 1. The van der Waals surface area contributed by atoms with Crippen LogP contribution in [0.5, 0.6) is 0 Å². The van der Waals surface area contributed by atoms with E-state index in [1.54, 1.807) is 0 Å². The van der Waals surface area contributed by atoms with Gasteiger partial charge in [0.05, 0.1) is 11.6 Å². The zero-order chi connectivity index (χ0) is 18.7. The van der Waals surface area contributed by atoms with E-state index in [1.807, 2.05) is 43.3 Å². The Hall–Kier alpha value is -2.80. The second-order valence-electron chi connectivity index (χ2n) is 7.08. The Morgan fingerprint density at radius 3 is 2.65 bits per heavy atom. The van der Waals surface area contributed by atoms with Crippen LogP contribution in [0.1, 0.15) is 47.3 Å². The summed E-state index contributed by atoms with van der Waals surface area (Å²) in [5.41, 5.74) is 4.79. The molecule has 4 nitrogen and oxygen atoms in total. The SMILES string of the molecule is CCc1cc(N2C[C@H](NC(=O)c3ccc(C)cc3)C[C@@H]2C)ccc1C#N. The van der Waals surface area contributed by atoms with E-state index in [4.69, 9.17) is 0 Å². The molecule has 0 aromatic heterocycles. The molecule has 26 heavy (non-hydrogen) atoms. The summed E-state index contributed by atoms with van der Waals surface area (Å²) in [6, 6.07) is 16.4. The first-order chi connectivity index (χ1) is 12.5. The Balaban J connectivity index is 1.70.